The van der Waals surface area contributed by atoms with Crippen molar-refractivity contribution in [2.24, 2.45) is 0 Å². The molecule has 0 aliphatic carbocycles. The summed E-state index contributed by atoms with van der Waals surface area (Å²) >= 11 is 0. The number of fused-ring (bicyclic) bond motifs is 1. The van der Waals surface area contributed by atoms with Crippen LogP contribution in [0.15, 0.2) is 73.1 Å². The number of Topliss-reactive ketones (excluding diaryl/α,β-unsaturated/α-hetero) is 1. The van der Waals surface area contributed by atoms with E-state index in [4.69, 9.17) is 0 Å². The average molecular weight is 398 g/mol. The van der Waals surface area contributed by atoms with Crippen LogP contribution in [-0.4, -0.2) is 28.2 Å². The molecule has 6 heteroatoms. The fourth-order valence-corrected chi connectivity index (χ4v) is 3.32. The highest BCUT2D eigenvalue weighted by Gasteiger charge is 2.09. The number of para-hydroxylation sites is 1. The first kappa shape index (κ1) is 19.4. The Balaban J connectivity index is 1.37. The van der Waals surface area contributed by atoms with Crippen molar-refractivity contribution in [3.63, 3.8) is 0 Å². The van der Waals surface area contributed by atoms with Crippen LogP contribution in [0.2, 0.25) is 0 Å². The summed E-state index contributed by atoms with van der Waals surface area (Å²) in [6.45, 7) is 2.21. The van der Waals surface area contributed by atoms with Gasteiger partial charge in [-0.1, -0.05) is 18.2 Å². The zero-order valence-electron chi connectivity index (χ0n) is 16.6. The van der Waals surface area contributed by atoms with Gasteiger partial charge in [0.2, 0.25) is 0 Å². The van der Waals surface area contributed by atoms with Crippen molar-refractivity contribution in [3.8, 4) is 0 Å². The molecule has 0 radical (unpaired) electrons. The average Bonchev–Trinajstić information content (AvgIpc) is 3.17. The highest BCUT2D eigenvalue weighted by Crippen LogP contribution is 2.18. The van der Waals surface area contributed by atoms with Crippen molar-refractivity contribution in [1.29, 1.82) is 0 Å². The van der Waals surface area contributed by atoms with Gasteiger partial charge in [0.15, 0.2) is 5.78 Å². The van der Waals surface area contributed by atoms with Crippen molar-refractivity contribution < 1.29 is 9.59 Å². The van der Waals surface area contributed by atoms with E-state index in [9.17, 15) is 9.59 Å². The van der Waals surface area contributed by atoms with Gasteiger partial charge in [-0.15, -0.1) is 0 Å². The van der Waals surface area contributed by atoms with Crippen LogP contribution in [0.3, 0.4) is 0 Å². The van der Waals surface area contributed by atoms with E-state index >= 15 is 0 Å². The minimum Gasteiger partial charge on any atom is -0.370 e. The number of nitrogens with one attached hydrogen (secondary N) is 3. The van der Waals surface area contributed by atoms with Crippen LogP contribution in [-0.2, 0) is 6.42 Å². The number of ketones is 1. The van der Waals surface area contributed by atoms with Crippen molar-refractivity contribution in [2.75, 3.05) is 17.2 Å². The summed E-state index contributed by atoms with van der Waals surface area (Å²) in [5.41, 5.74) is 4.12. The number of hydrogen-bond acceptors (Lipinski definition) is 4. The normalized spacial score (nSPS) is 10.7. The fraction of sp³-hybridized carbons (Fsp3) is 0.125. The minimum absolute atomic E-state index is 0.00892. The molecule has 2 aromatic heterocycles. The molecule has 3 N–H and O–H groups in total. The quantitative estimate of drug-likeness (QED) is 0.395. The van der Waals surface area contributed by atoms with E-state index in [1.54, 1.807) is 42.6 Å². The molecule has 6 nitrogen and oxygen atoms in total. The van der Waals surface area contributed by atoms with Gasteiger partial charge in [-0.05, 0) is 61.4 Å². The minimum atomic E-state index is -0.229. The van der Waals surface area contributed by atoms with Gasteiger partial charge in [0.05, 0.1) is 0 Å². The molecule has 0 bridgehead atoms. The van der Waals surface area contributed by atoms with Gasteiger partial charge < -0.3 is 15.6 Å². The zero-order valence-corrected chi connectivity index (χ0v) is 16.6. The summed E-state index contributed by atoms with van der Waals surface area (Å²) in [5, 5.41) is 7.34. The van der Waals surface area contributed by atoms with E-state index in [0.717, 1.165) is 11.9 Å². The van der Waals surface area contributed by atoms with Gasteiger partial charge in [0.25, 0.3) is 5.91 Å². The van der Waals surface area contributed by atoms with Crippen LogP contribution >= 0.6 is 0 Å². The molecule has 0 unspecified atom stereocenters. The van der Waals surface area contributed by atoms with E-state index in [-0.39, 0.29) is 11.7 Å². The number of benzene rings is 2. The maximum absolute atomic E-state index is 12.6. The first-order valence-electron chi connectivity index (χ1n) is 9.77. The van der Waals surface area contributed by atoms with Gasteiger partial charge in [-0.3, -0.25) is 9.59 Å². The molecule has 2 heterocycles. The van der Waals surface area contributed by atoms with Crippen molar-refractivity contribution >= 4 is 34.1 Å². The number of aromatic amines is 1. The van der Waals surface area contributed by atoms with Crippen LogP contribution in [0.25, 0.3) is 10.9 Å². The number of hydrogen-bond donors (Lipinski definition) is 3. The third-order valence-corrected chi connectivity index (χ3v) is 4.95. The van der Waals surface area contributed by atoms with E-state index < -0.39 is 0 Å². The second-order valence-electron chi connectivity index (χ2n) is 7.05. The second kappa shape index (κ2) is 8.61. The Hall–Kier alpha value is -3.93. The molecule has 0 spiro atoms. The lowest BCUT2D eigenvalue weighted by Crippen LogP contribution is -2.13. The maximum atomic E-state index is 12.6. The molecular weight excluding hydrogens is 376 g/mol. The van der Waals surface area contributed by atoms with Gasteiger partial charge in [0.1, 0.15) is 5.82 Å². The van der Waals surface area contributed by atoms with E-state index in [1.165, 1.54) is 17.9 Å². The molecule has 0 fully saturated rings. The molecule has 0 aliphatic rings. The second-order valence-corrected chi connectivity index (χ2v) is 7.05. The monoisotopic (exact) mass is 398 g/mol. The largest absolute Gasteiger partial charge is 0.370 e. The summed E-state index contributed by atoms with van der Waals surface area (Å²) in [7, 11) is 0. The maximum Gasteiger partial charge on any atom is 0.255 e. The zero-order chi connectivity index (χ0) is 20.9. The molecular formula is C24H22N4O2. The van der Waals surface area contributed by atoms with Crippen molar-refractivity contribution in [2.45, 2.75) is 13.3 Å². The molecule has 0 aliphatic heterocycles. The fourth-order valence-electron chi connectivity index (χ4n) is 3.32. The third kappa shape index (κ3) is 4.38. The SMILES string of the molecule is CC(=O)c1ccc(NC(=O)c2ccnc(NCCc3c[nH]c4ccccc34)c2)cc1. The Labute approximate surface area is 174 Å². The molecule has 2 aromatic carbocycles. The Bertz CT molecular complexity index is 1200. The Morgan fingerprint density at radius 2 is 1.80 bits per heavy atom. The molecule has 4 aromatic rings. The predicted molar refractivity (Wildman–Crippen MR) is 119 cm³/mol. The van der Waals surface area contributed by atoms with E-state index in [1.807, 2.05) is 18.3 Å². The number of carbonyl (C=O) groups excluding carboxylic acids is 2. The summed E-state index contributed by atoms with van der Waals surface area (Å²) in [5.74, 6) is 0.410. The first-order valence-corrected chi connectivity index (χ1v) is 9.77. The molecule has 4 rings (SSSR count). The lowest BCUT2D eigenvalue weighted by Gasteiger charge is -2.09. The Morgan fingerprint density at radius 3 is 2.60 bits per heavy atom. The number of H-pyrrole nitrogens is 1. The van der Waals surface area contributed by atoms with Crippen molar-refractivity contribution in [3.05, 3.63) is 89.7 Å². The Morgan fingerprint density at radius 1 is 1.00 bits per heavy atom. The molecule has 30 heavy (non-hydrogen) atoms. The topological polar surface area (TPSA) is 86.9 Å². The summed E-state index contributed by atoms with van der Waals surface area (Å²) in [6.07, 6.45) is 4.48. The summed E-state index contributed by atoms with van der Waals surface area (Å²) in [4.78, 5) is 31.5. The van der Waals surface area contributed by atoms with E-state index in [0.29, 0.717) is 29.2 Å². The highest BCUT2D eigenvalue weighted by molar-refractivity contribution is 6.05. The van der Waals surface area contributed by atoms with Crippen LogP contribution < -0.4 is 10.6 Å². The molecule has 1 amide bonds. The van der Waals surface area contributed by atoms with Crippen molar-refractivity contribution in [1.82, 2.24) is 9.97 Å². The van der Waals surface area contributed by atoms with Crippen LogP contribution in [0.5, 0.6) is 0 Å². The van der Waals surface area contributed by atoms with Gasteiger partial charge in [0, 0.05) is 46.7 Å². The summed E-state index contributed by atoms with van der Waals surface area (Å²) in [6, 6.07) is 18.4. The van der Waals surface area contributed by atoms with Crippen LogP contribution in [0.4, 0.5) is 11.5 Å². The smallest absolute Gasteiger partial charge is 0.255 e. The van der Waals surface area contributed by atoms with Gasteiger partial charge in [-0.2, -0.15) is 0 Å². The lowest BCUT2D eigenvalue weighted by atomic mass is 10.1. The number of nitrogens with zero attached hydrogens (tertiary/aromatic N) is 1. The third-order valence-electron chi connectivity index (χ3n) is 4.95. The number of carbonyl (C=O) groups is 2. The standard InChI is InChI=1S/C24H22N4O2/c1-16(29)17-6-8-20(9-7-17)28-24(30)18-10-12-25-23(14-18)26-13-11-19-15-27-22-5-3-2-4-21(19)22/h2-10,12,14-15,27H,11,13H2,1H3,(H,25,26)(H,28,30). The molecule has 150 valence electrons. The predicted octanol–water partition coefficient (Wildman–Crippen LogP) is 4.67. The molecule has 0 saturated carbocycles. The van der Waals surface area contributed by atoms with Gasteiger partial charge in [-0.25, -0.2) is 4.98 Å². The highest BCUT2D eigenvalue weighted by atomic mass is 16.1. The lowest BCUT2D eigenvalue weighted by molar-refractivity contribution is 0.101. The molecule has 0 saturated heterocycles. The van der Waals surface area contributed by atoms with E-state index in [2.05, 4.69) is 32.7 Å². The van der Waals surface area contributed by atoms with Crippen LogP contribution in [0, 0.1) is 0 Å². The van der Waals surface area contributed by atoms with Crippen LogP contribution in [0.1, 0.15) is 33.2 Å². The number of amides is 1. The number of rotatable bonds is 7. The first-order chi connectivity index (χ1) is 14.6. The van der Waals surface area contributed by atoms with Gasteiger partial charge >= 0.3 is 0 Å². The number of aromatic nitrogens is 2. The summed E-state index contributed by atoms with van der Waals surface area (Å²) < 4.78 is 0. The number of pyridine rings is 1. The number of anilines is 2. The molecule has 0 atom stereocenters. The Kier molecular flexibility index (Phi) is 5.57.